The molecule has 2 nitrogen and oxygen atoms in total. The van der Waals surface area contributed by atoms with Gasteiger partial charge in [0.25, 0.3) is 0 Å². The van der Waals surface area contributed by atoms with E-state index in [1.165, 1.54) is 50.9 Å². The van der Waals surface area contributed by atoms with Gasteiger partial charge in [0.1, 0.15) is 0 Å². The first-order valence-corrected chi connectivity index (χ1v) is 8.39. The number of rotatable bonds is 4. The number of benzene rings is 1. The van der Waals surface area contributed by atoms with E-state index in [0.29, 0.717) is 0 Å². The van der Waals surface area contributed by atoms with Crippen LogP contribution >= 0.6 is 24.0 Å². The lowest BCUT2D eigenvalue weighted by Gasteiger charge is -2.29. The Bertz CT molecular complexity index is 433. The summed E-state index contributed by atoms with van der Waals surface area (Å²) in [7, 11) is 0. The number of nitrogens with one attached hydrogen (secondary N) is 1. The monoisotopic (exact) mass is 328 g/mol. The van der Waals surface area contributed by atoms with E-state index in [2.05, 4.69) is 28.4 Å². The summed E-state index contributed by atoms with van der Waals surface area (Å²) in [4.78, 5) is 2.61. The van der Waals surface area contributed by atoms with Crippen LogP contribution in [0.1, 0.15) is 37.2 Å². The van der Waals surface area contributed by atoms with Crippen molar-refractivity contribution in [3.63, 3.8) is 0 Å². The molecule has 2 aliphatic rings. The van der Waals surface area contributed by atoms with Crippen LogP contribution in [-0.2, 0) is 0 Å². The highest BCUT2D eigenvalue weighted by atomic mass is 35.5. The predicted octanol–water partition coefficient (Wildman–Crippen LogP) is 3.94. The van der Waals surface area contributed by atoms with Crippen LogP contribution in [0.5, 0.6) is 0 Å². The molecule has 3 rings (SSSR count). The lowest BCUT2D eigenvalue weighted by Crippen LogP contribution is -2.44. The van der Waals surface area contributed by atoms with Gasteiger partial charge in [-0.15, -0.1) is 12.4 Å². The Balaban J connectivity index is 0.00000161. The normalized spacial score (nSPS) is 26.5. The zero-order valence-electron chi connectivity index (χ0n) is 12.6. The smallest absolute Gasteiger partial charge is 0.0408 e. The van der Waals surface area contributed by atoms with E-state index in [-0.39, 0.29) is 12.4 Å². The fourth-order valence-corrected chi connectivity index (χ4v) is 4.04. The molecule has 1 aromatic carbocycles. The minimum absolute atomic E-state index is 0. The Morgan fingerprint density at radius 3 is 2.76 bits per heavy atom. The molecule has 0 spiro atoms. The van der Waals surface area contributed by atoms with Crippen molar-refractivity contribution >= 4 is 24.0 Å². The van der Waals surface area contributed by atoms with Crippen molar-refractivity contribution in [1.29, 1.82) is 0 Å². The molecule has 1 aliphatic heterocycles. The summed E-state index contributed by atoms with van der Waals surface area (Å²) in [5.74, 6) is 1.58. The third kappa shape index (κ3) is 4.59. The fraction of sp³-hybridized carbons (Fsp3) is 0.647. The standard InChI is InChI=1S/C17H25ClN2.ClH/c18-16-5-1-4-15(13-16)17-6-2-3-14(17)7-10-20-11-8-19-9-12-20;/h1,4-5,13-14,17,19H,2-3,6-12H2;1H. The van der Waals surface area contributed by atoms with E-state index in [1.54, 1.807) is 0 Å². The molecule has 1 aromatic rings. The van der Waals surface area contributed by atoms with Crippen molar-refractivity contribution in [2.45, 2.75) is 31.6 Å². The molecule has 0 amide bonds. The van der Waals surface area contributed by atoms with E-state index in [9.17, 15) is 0 Å². The highest BCUT2D eigenvalue weighted by molar-refractivity contribution is 6.30. The Morgan fingerprint density at radius 2 is 2.00 bits per heavy atom. The quantitative estimate of drug-likeness (QED) is 0.900. The largest absolute Gasteiger partial charge is 0.314 e. The third-order valence-electron chi connectivity index (χ3n) is 4.96. The summed E-state index contributed by atoms with van der Waals surface area (Å²) in [6, 6.07) is 8.52. The molecule has 0 bridgehead atoms. The van der Waals surface area contributed by atoms with Crippen LogP contribution in [0.3, 0.4) is 0 Å². The van der Waals surface area contributed by atoms with Crippen molar-refractivity contribution in [1.82, 2.24) is 10.2 Å². The summed E-state index contributed by atoms with van der Waals surface area (Å²) >= 11 is 6.15. The van der Waals surface area contributed by atoms with Crippen LogP contribution < -0.4 is 5.32 Å². The van der Waals surface area contributed by atoms with Gasteiger partial charge in [0, 0.05) is 31.2 Å². The average Bonchev–Trinajstić information content (AvgIpc) is 2.95. The van der Waals surface area contributed by atoms with Crippen LogP contribution in [0.2, 0.25) is 5.02 Å². The predicted molar refractivity (Wildman–Crippen MR) is 92.7 cm³/mol. The molecule has 4 heteroatoms. The average molecular weight is 329 g/mol. The maximum absolute atomic E-state index is 6.15. The van der Waals surface area contributed by atoms with Gasteiger partial charge in [0.2, 0.25) is 0 Å². The van der Waals surface area contributed by atoms with Crippen molar-refractivity contribution in [2.24, 2.45) is 5.92 Å². The van der Waals surface area contributed by atoms with Gasteiger partial charge in [-0.05, 0) is 55.3 Å². The van der Waals surface area contributed by atoms with E-state index in [1.807, 2.05) is 6.07 Å². The van der Waals surface area contributed by atoms with Crippen molar-refractivity contribution in [2.75, 3.05) is 32.7 Å². The maximum atomic E-state index is 6.15. The molecule has 2 atom stereocenters. The number of nitrogens with zero attached hydrogens (tertiary/aromatic N) is 1. The molecule has 2 unspecified atom stereocenters. The zero-order chi connectivity index (χ0) is 13.8. The molecule has 1 aliphatic carbocycles. The molecule has 0 radical (unpaired) electrons. The first-order valence-electron chi connectivity index (χ1n) is 8.01. The van der Waals surface area contributed by atoms with Gasteiger partial charge in [-0.1, -0.05) is 30.2 Å². The number of hydrogen-bond donors (Lipinski definition) is 1. The van der Waals surface area contributed by atoms with E-state index in [0.717, 1.165) is 29.9 Å². The topological polar surface area (TPSA) is 15.3 Å². The van der Waals surface area contributed by atoms with E-state index >= 15 is 0 Å². The molecule has 0 aromatic heterocycles. The van der Waals surface area contributed by atoms with Gasteiger partial charge in [-0.2, -0.15) is 0 Å². The van der Waals surface area contributed by atoms with Gasteiger partial charge >= 0.3 is 0 Å². The number of hydrogen-bond acceptors (Lipinski definition) is 2. The molecule has 21 heavy (non-hydrogen) atoms. The molecular weight excluding hydrogens is 303 g/mol. The first-order chi connectivity index (χ1) is 9.83. The SMILES string of the molecule is Cl.Clc1cccc(C2CCCC2CCN2CCNCC2)c1. The summed E-state index contributed by atoms with van der Waals surface area (Å²) < 4.78 is 0. The Kier molecular flexibility index (Phi) is 6.81. The van der Waals surface area contributed by atoms with Crippen molar-refractivity contribution in [3.05, 3.63) is 34.9 Å². The van der Waals surface area contributed by atoms with Gasteiger partial charge in [-0.25, -0.2) is 0 Å². The molecule has 1 heterocycles. The molecule has 118 valence electrons. The molecule has 1 N–H and O–H groups in total. The van der Waals surface area contributed by atoms with E-state index in [4.69, 9.17) is 11.6 Å². The van der Waals surface area contributed by atoms with Gasteiger partial charge in [0.15, 0.2) is 0 Å². The Labute approximate surface area is 139 Å². The third-order valence-corrected chi connectivity index (χ3v) is 5.20. The van der Waals surface area contributed by atoms with Crippen LogP contribution in [0, 0.1) is 5.92 Å². The second-order valence-corrected chi connectivity index (χ2v) is 6.67. The molecule has 1 saturated heterocycles. The maximum Gasteiger partial charge on any atom is 0.0408 e. The highest BCUT2D eigenvalue weighted by Crippen LogP contribution is 2.42. The second kappa shape index (κ2) is 8.38. The lowest BCUT2D eigenvalue weighted by atomic mass is 9.86. The Hall–Kier alpha value is -0.280. The molecular formula is C17H26Cl2N2. The fourth-order valence-electron chi connectivity index (χ4n) is 3.84. The number of piperazine rings is 1. The molecule has 2 fully saturated rings. The van der Waals surface area contributed by atoms with Crippen LogP contribution in [0.4, 0.5) is 0 Å². The zero-order valence-corrected chi connectivity index (χ0v) is 14.1. The minimum atomic E-state index is 0. The first kappa shape index (κ1) is 17.1. The Morgan fingerprint density at radius 1 is 1.19 bits per heavy atom. The van der Waals surface area contributed by atoms with Crippen LogP contribution in [0.25, 0.3) is 0 Å². The van der Waals surface area contributed by atoms with Crippen molar-refractivity contribution < 1.29 is 0 Å². The second-order valence-electron chi connectivity index (χ2n) is 6.23. The van der Waals surface area contributed by atoms with Crippen LogP contribution in [-0.4, -0.2) is 37.6 Å². The van der Waals surface area contributed by atoms with Gasteiger partial charge in [0.05, 0.1) is 0 Å². The van der Waals surface area contributed by atoms with Crippen molar-refractivity contribution in [3.8, 4) is 0 Å². The summed E-state index contributed by atoms with van der Waals surface area (Å²) in [6.07, 6.45) is 5.45. The highest BCUT2D eigenvalue weighted by Gasteiger charge is 2.28. The lowest BCUT2D eigenvalue weighted by molar-refractivity contribution is 0.220. The summed E-state index contributed by atoms with van der Waals surface area (Å²) in [5.41, 5.74) is 1.46. The van der Waals surface area contributed by atoms with Gasteiger partial charge in [-0.3, -0.25) is 0 Å². The van der Waals surface area contributed by atoms with Gasteiger partial charge < -0.3 is 10.2 Å². The summed E-state index contributed by atoms with van der Waals surface area (Å²) in [6.45, 7) is 6.01. The summed E-state index contributed by atoms with van der Waals surface area (Å²) in [5, 5.41) is 4.31. The number of halogens is 2. The van der Waals surface area contributed by atoms with Crippen LogP contribution in [0.15, 0.2) is 24.3 Å². The van der Waals surface area contributed by atoms with E-state index < -0.39 is 0 Å². The minimum Gasteiger partial charge on any atom is -0.314 e. The molecule has 1 saturated carbocycles.